The highest BCUT2D eigenvalue weighted by Crippen LogP contribution is 2.09. The van der Waals surface area contributed by atoms with Gasteiger partial charge in [0.25, 0.3) is 0 Å². The first-order chi connectivity index (χ1) is 3.72. The Bertz CT molecular complexity index is 117. The molecule has 0 aromatic rings. The molecule has 0 aliphatic carbocycles. The van der Waals surface area contributed by atoms with Crippen LogP contribution in [0.5, 0.6) is 0 Å². The van der Waals surface area contributed by atoms with Gasteiger partial charge in [-0.2, -0.15) is 4.31 Å². The second-order valence-corrected chi connectivity index (χ2v) is 3.14. The maximum absolute atomic E-state index is 10.6. The number of hydrogen-bond acceptors (Lipinski definition) is 2. The van der Waals surface area contributed by atoms with Gasteiger partial charge in [-0.25, -0.2) is 4.21 Å². The molecule has 1 saturated heterocycles. The van der Waals surface area contributed by atoms with Gasteiger partial charge in [-0.15, -0.1) is 0 Å². The minimum absolute atomic E-state index is 0.302. The van der Waals surface area contributed by atoms with Crippen LogP contribution in [0.4, 0.5) is 0 Å². The van der Waals surface area contributed by atoms with Crippen molar-refractivity contribution in [3.63, 3.8) is 0 Å². The van der Waals surface area contributed by atoms with Crippen molar-refractivity contribution in [3.05, 3.63) is 0 Å². The summed E-state index contributed by atoms with van der Waals surface area (Å²) in [5.74, 6) is 0. The summed E-state index contributed by atoms with van der Waals surface area (Å²) in [7, 11) is 1.79. The van der Waals surface area contributed by atoms with E-state index in [0.717, 1.165) is 0 Å². The lowest BCUT2D eigenvalue weighted by molar-refractivity contribution is 0.343. The summed E-state index contributed by atoms with van der Waals surface area (Å²) in [6.07, 6.45) is 0. The van der Waals surface area contributed by atoms with Crippen LogP contribution < -0.4 is 0 Å². The fourth-order valence-electron chi connectivity index (χ4n) is 0.492. The zero-order valence-electron chi connectivity index (χ0n) is 4.96. The average Bonchev–Trinajstić information content (AvgIpc) is 1.98. The minimum atomic E-state index is -1.16. The lowest BCUT2D eigenvalue weighted by Gasteiger charge is -2.06. The molecule has 0 radical (unpaired) electrons. The molecule has 0 N–H and O–H groups in total. The quantitative estimate of drug-likeness (QED) is 0.465. The molecule has 1 rings (SSSR count). The van der Waals surface area contributed by atoms with E-state index in [1.807, 2.05) is 6.92 Å². The summed E-state index contributed by atoms with van der Waals surface area (Å²) in [4.78, 5) is 0. The maximum atomic E-state index is 10.6. The van der Waals surface area contributed by atoms with Crippen LogP contribution in [-0.4, -0.2) is 28.2 Å². The Morgan fingerprint density at radius 2 is 2.50 bits per heavy atom. The van der Waals surface area contributed by atoms with E-state index in [1.165, 1.54) is 0 Å². The van der Waals surface area contributed by atoms with Gasteiger partial charge in [0.15, 0.2) is 0 Å². The van der Waals surface area contributed by atoms with Crippen molar-refractivity contribution in [1.29, 1.82) is 0 Å². The largest absolute Gasteiger partial charge is 0.276 e. The summed E-state index contributed by atoms with van der Waals surface area (Å²) in [5.41, 5.74) is 0. The molecule has 0 bridgehead atoms. The molecule has 1 fully saturated rings. The van der Waals surface area contributed by atoms with Crippen LogP contribution in [0.1, 0.15) is 6.92 Å². The summed E-state index contributed by atoms with van der Waals surface area (Å²) in [6, 6.07) is 0.302. The Morgan fingerprint density at radius 1 is 1.88 bits per heavy atom. The van der Waals surface area contributed by atoms with E-state index in [2.05, 4.69) is 0 Å². The molecule has 1 heterocycles. The molecule has 8 heavy (non-hydrogen) atoms. The average molecular weight is 135 g/mol. The van der Waals surface area contributed by atoms with Gasteiger partial charge in [-0.3, -0.25) is 4.18 Å². The van der Waals surface area contributed by atoms with Gasteiger partial charge in [0.05, 0.1) is 6.61 Å². The molecule has 4 heteroatoms. The monoisotopic (exact) mass is 135 g/mol. The molecule has 1 aliphatic heterocycles. The predicted octanol–water partition coefficient (Wildman–Crippen LogP) is -0.0844. The summed E-state index contributed by atoms with van der Waals surface area (Å²) < 4.78 is 17.1. The van der Waals surface area contributed by atoms with Crippen molar-refractivity contribution in [2.24, 2.45) is 0 Å². The number of hydrogen-bond donors (Lipinski definition) is 0. The topological polar surface area (TPSA) is 29.5 Å². The van der Waals surface area contributed by atoms with Gasteiger partial charge in [0, 0.05) is 13.1 Å². The SMILES string of the molecule is C[C@H]1COS(=O)N1C. The molecule has 0 aromatic carbocycles. The van der Waals surface area contributed by atoms with Crippen molar-refractivity contribution in [1.82, 2.24) is 4.31 Å². The molecule has 0 amide bonds. The number of rotatable bonds is 0. The van der Waals surface area contributed by atoms with Crippen molar-refractivity contribution >= 4 is 11.3 Å². The minimum Gasteiger partial charge on any atom is -0.276 e. The smallest absolute Gasteiger partial charge is 0.237 e. The highest BCUT2D eigenvalue weighted by molar-refractivity contribution is 7.77. The molecule has 48 valence electrons. The molecule has 0 spiro atoms. The Morgan fingerprint density at radius 3 is 2.62 bits per heavy atom. The third-order valence-electron chi connectivity index (χ3n) is 1.27. The van der Waals surface area contributed by atoms with Gasteiger partial charge < -0.3 is 0 Å². The summed E-state index contributed by atoms with van der Waals surface area (Å²) in [6.45, 7) is 2.56. The fourth-order valence-corrected chi connectivity index (χ4v) is 1.33. The van der Waals surface area contributed by atoms with E-state index in [9.17, 15) is 4.21 Å². The first-order valence-corrected chi connectivity index (χ1v) is 3.53. The summed E-state index contributed by atoms with van der Waals surface area (Å²) in [5, 5.41) is 0. The Balaban J connectivity index is 2.56. The molecule has 1 aliphatic rings. The van der Waals surface area contributed by atoms with E-state index in [1.54, 1.807) is 11.4 Å². The molecule has 3 nitrogen and oxygen atoms in total. The predicted molar refractivity (Wildman–Crippen MR) is 31.3 cm³/mol. The number of nitrogens with zero attached hydrogens (tertiary/aromatic N) is 1. The van der Waals surface area contributed by atoms with E-state index in [-0.39, 0.29) is 0 Å². The van der Waals surface area contributed by atoms with Crippen LogP contribution >= 0.6 is 0 Å². The fraction of sp³-hybridized carbons (Fsp3) is 1.00. The van der Waals surface area contributed by atoms with Gasteiger partial charge in [0.2, 0.25) is 11.3 Å². The molecular formula is C4H9NO2S. The zero-order chi connectivity index (χ0) is 6.15. The van der Waals surface area contributed by atoms with Crippen LogP contribution in [0.3, 0.4) is 0 Å². The zero-order valence-corrected chi connectivity index (χ0v) is 5.77. The Hall–Kier alpha value is 0.0700. The van der Waals surface area contributed by atoms with Crippen molar-refractivity contribution in [2.45, 2.75) is 13.0 Å². The van der Waals surface area contributed by atoms with Crippen molar-refractivity contribution < 1.29 is 8.39 Å². The lowest BCUT2D eigenvalue weighted by atomic mass is 10.4. The molecular weight excluding hydrogens is 126 g/mol. The molecule has 2 atom stereocenters. The van der Waals surface area contributed by atoms with E-state index >= 15 is 0 Å². The van der Waals surface area contributed by atoms with Gasteiger partial charge in [-0.1, -0.05) is 0 Å². The highest BCUT2D eigenvalue weighted by Gasteiger charge is 2.24. The van der Waals surface area contributed by atoms with E-state index in [0.29, 0.717) is 12.6 Å². The Kier molecular flexibility index (Phi) is 1.65. The third-order valence-corrected chi connectivity index (χ3v) is 2.43. The standard InChI is InChI=1S/C4H9NO2S/c1-4-3-7-8(6)5(4)2/h4H,3H2,1-2H3/t4-,8?/m0/s1. The lowest BCUT2D eigenvalue weighted by Crippen LogP contribution is -2.23. The van der Waals surface area contributed by atoms with Gasteiger partial charge in [-0.05, 0) is 6.92 Å². The van der Waals surface area contributed by atoms with Crippen molar-refractivity contribution in [2.75, 3.05) is 13.7 Å². The second-order valence-electron chi connectivity index (χ2n) is 1.90. The van der Waals surface area contributed by atoms with Crippen LogP contribution in [-0.2, 0) is 15.4 Å². The third kappa shape index (κ3) is 0.913. The number of likely N-dealkylation sites (N-methyl/N-ethyl adjacent to an activating group) is 1. The van der Waals surface area contributed by atoms with Crippen LogP contribution in [0.2, 0.25) is 0 Å². The summed E-state index contributed by atoms with van der Waals surface area (Å²) >= 11 is -1.16. The molecule has 0 aromatic heterocycles. The van der Waals surface area contributed by atoms with E-state index in [4.69, 9.17) is 4.18 Å². The molecule has 1 unspecified atom stereocenters. The van der Waals surface area contributed by atoms with Crippen molar-refractivity contribution in [3.8, 4) is 0 Å². The first kappa shape index (κ1) is 6.19. The maximum Gasteiger partial charge on any atom is 0.237 e. The van der Waals surface area contributed by atoms with Gasteiger partial charge in [0.1, 0.15) is 0 Å². The van der Waals surface area contributed by atoms with Gasteiger partial charge >= 0.3 is 0 Å². The second kappa shape index (κ2) is 2.13. The van der Waals surface area contributed by atoms with E-state index < -0.39 is 11.3 Å². The Labute approximate surface area is 51.4 Å². The normalized spacial score (nSPS) is 40.8. The van der Waals surface area contributed by atoms with Crippen LogP contribution in [0.15, 0.2) is 0 Å². The first-order valence-electron chi connectivity index (χ1n) is 2.50. The highest BCUT2D eigenvalue weighted by atomic mass is 32.2. The molecule has 0 saturated carbocycles. The van der Waals surface area contributed by atoms with Crippen LogP contribution in [0, 0.1) is 0 Å². The van der Waals surface area contributed by atoms with Crippen LogP contribution in [0.25, 0.3) is 0 Å².